The van der Waals surface area contributed by atoms with Crippen molar-refractivity contribution in [2.75, 3.05) is 0 Å². The third-order valence-electron chi connectivity index (χ3n) is 6.57. The number of carbonyl (C=O) groups excluding carboxylic acids is 1. The lowest BCUT2D eigenvalue weighted by Gasteiger charge is -2.17. The van der Waals surface area contributed by atoms with Crippen molar-refractivity contribution in [3.05, 3.63) is 117 Å². The first-order valence-electron chi connectivity index (χ1n) is 12.5. The van der Waals surface area contributed by atoms with Crippen molar-refractivity contribution in [1.82, 2.24) is 19.1 Å². The quantitative estimate of drug-likeness (QED) is 0.190. The molecule has 0 saturated heterocycles. The van der Waals surface area contributed by atoms with E-state index in [0.29, 0.717) is 14.5 Å². The van der Waals surface area contributed by atoms with Crippen molar-refractivity contribution in [2.45, 2.75) is 26.4 Å². The SMILES string of the molecule is CC(=O)c1ccc2c(c1)ncn2-c1ccc(F)c(Br)c1.CC(C)(O)c1ccc2c(c1)ncn2-c1ccc(F)c(Br)c1. The molecule has 0 saturated carbocycles. The van der Waals surface area contributed by atoms with E-state index in [0.717, 1.165) is 39.0 Å². The number of fused-ring (bicyclic) bond motifs is 2. The average Bonchev–Trinajstić information content (AvgIpc) is 3.55. The summed E-state index contributed by atoms with van der Waals surface area (Å²) in [5, 5.41) is 10.1. The summed E-state index contributed by atoms with van der Waals surface area (Å²) in [6.07, 6.45) is 3.35. The summed E-state index contributed by atoms with van der Waals surface area (Å²) >= 11 is 6.36. The van der Waals surface area contributed by atoms with E-state index in [-0.39, 0.29) is 17.4 Å². The molecule has 0 amide bonds. The number of hydrogen-bond donors (Lipinski definition) is 1. The molecule has 0 radical (unpaired) electrons. The van der Waals surface area contributed by atoms with Crippen LogP contribution >= 0.6 is 31.9 Å². The molecule has 0 aliphatic carbocycles. The smallest absolute Gasteiger partial charge is 0.159 e. The summed E-state index contributed by atoms with van der Waals surface area (Å²) in [5.41, 5.74) is 5.45. The maximum atomic E-state index is 13.3. The number of nitrogens with zero attached hydrogens (tertiary/aromatic N) is 4. The first kappa shape index (κ1) is 28.8. The summed E-state index contributed by atoms with van der Waals surface area (Å²) in [7, 11) is 0. The van der Waals surface area contributed by atoms with Gasteiger partial charge in [0.15, 0.2) is 5.78 Å². The van der Waals surface area contributed by atoms with Gasteiger partial charge < -0.3 is 5.11 Å². The molecule has 0 fully saturated rings. The molecular formula is C31H24Br2F2N4O2. The van der Waals surface area contributed by atoms with Crippen LogP contribution in [0.3, 0.4) is 0 Å². The Labute approximate surface area is 251 Å². The third-order valence-corrected chi connectivity index (χ3v) is 7.79. The molecule has 6 aromatic rings. The number of aromatic nitrogens is 4. The van der Waals surface area contributed by atoms with Crippen LogP contribution in [-0.2, 0) is 5.60 Å². The second kappa shape index (κ2) is 11.3. The number of Topliss-reactive ketones (excluding diaryl/α,β-unsaturated/α-hetero) is 1. The van der Waals surface area contributed by atoms with Gasteiger partial charge in [-0.3, -0.25) is 13.9 Å². The monoisotopic (exact) mass is 680 g/mol. The molecule has 0 aliphatic heterocycles. The minimum absolute atomic E-state index is 0.00553. The van der Waals surface area contributed by atoms with Gasteiger partial charge in [-0.15, -0.1) is 0 Å². The molecule has 0 bridgehead atoms. The highest BCUT2D eigenvalue weighted by Gasteiger charge is 2.17. The summed E-state index contributed by atoms with van der Waals surface area (Å²) in [6.45, 7) is 5.00. The fourth-order valence-electron chi connectivity index (χ4n) is 4.31. The van der Waals surface area contributed by atoms with Gasteiger partial charge in [-0.25, -0.2) is 18.7 Å². The Morgan fingerprint density at radius 1 is 0.756 bits per heavy atom. The second-order valence-electron chi connectivity index (χ2n) is 9.95. The Balaban J connectivity index is 0.000000165. The van der Waals surface area contributed by atoms with Crippen LogP contribution in [0.25, 0.3) is 33.4 Å². The Bertz CT molecular complexity index is 1930. The van der Waals surface area contributed by atoms with E-state index in [1.807, 2.05) is 33.4 Å². The van der Waals surface area contributed by atoms with Crippen LogP contribution in [0.4, 0.5) is 8.78 Å². The van der Waals surface area contributed by atoms with E-state index in [1.54, 1.807) is 62.9 Å². The van der Waals surface area contributed by atoms with Gasteiger partial charge in [-0.2, -0.15) is 0 Å². The van der Waals surface area contributed by atoms with E-state index in [4.69, 9.17) is 0 Å². The van der Waals surface area contributed by atoms with E-state index in [9.17, 15) is 18.7 Å². The van der Waals surface area contributed by atoms with Crippen LogP contribution in [0.15, 0.2) is 94.4 Å². The van der Waals surface area contributed by atoms with E-state index in [2.05, 4.69) is 41.8 Å². The van der Waals surface area contributed by atoms with E-state index < -0.39 is 5.60 Å². The van der Waals surface area contributed by atoms with Crippen molar-refractivity contribution in [3.8, 4) is 11.4 Å². The Morgan fingerprint density at radius 2 is 1.24 bits per heavy atom. The van der Waals surface area contributed by atoms with E-state index >= 15 is 0 Å². The molecule has 0 atom stereocenters. The lowest BCUT2D eigenvalue weighted by molar-refractivity contribution is 0.0787. The summed E-state index contributed by atoms with van der Waals surface area (Å²) in [6, 6.07) is 20.6. The first-order chi connectivity index (χ1) is 19.4. The Hall–Kier alpha value is -3.73. The number of halogens is 4. The van der Waals surface area contributed by atoms with Gasteiger partial charge in [0.2, 0.25) is 0 Å². The van der Waals surface area contributed by atoms with Gasteiger partial charge in [0, 0.05) is 16.9 Å². The van der Waals surface area contributed by atoms with Gasteiger partial charge in [-0.1, -0.05) is 6.07 Å². The lowest BCUT2D eigenvalue weighted by Crippen LogP contribution is -2.15. The average molecular weight is 682 g/mol. The maximum Gasteiger partial charge on any atom is 0.159 e. The topological polar surface area (TPSA) is 72.9 Å². The fraction of sp³-hybridized carbons (Fsp3) is 0.129. The third kappa shape index (κ3) is 6.00. The highest BCUT2D eigenvalue weighted by Crippen LogP contribution is 2.27. The maximum absolute atomic E-state index is 13.3. The largest absolute Gasteiger partial charge is 0.386 e. The predicted molar refractivity (Wildman–Crippen MR) is 163 cm³/mol. The zero-order valence-corrected chi connectivity index (χ0v) is 25.4. The van der Waals surface area contributed by atoms with Gasteiger partial charge in [0.1, 0.15) is 24.3 Å². The molecule has 2 aromatic heterocycles. The molecule has 41 heavy (non-hydrogen) atoms. The van der Waals surface area contributed by atoms with Crippen LogP contribution in [0, 0.1) is 11.6 Å². The van der Waals surface area contributed by atoms with Gasteiger partial charge in [0.05, 0.1) is 36.6 Å². The molecule has 0 spiro atoms. The van der Waals surface area contributed by atoms with Crippen molar-refractivity contribution >= 4 is 59.7 Å². The molecule has 6 rings (SSSR count). The second-order valence-corrected chi connectivity index (χ2v) is 11.7. The number of aliphatic hydroxyl groups is 1. The summed E-state index contributed by atoms with van der Waals surface area (Å²) < 4.78 is 31.2. The van der Waals surface area contributed by atoms with Gasteiger partial charge >= 0.3 is 0 Å². The molecule has 1 N–H and O–H groups in total. The zero-order chi connectivity index (χ0) is 29.5. The number of benzene rings is 4. The molecule has 0 aliphatic rings. The lowest BCUT2D eigenvalue weighted by atomic mass is 9.98. The number of rotatable bonds is 4. The van der Waals surface area contributed by atoms with Gasteiger partial charge in [0.25, 0.3) is 0 Å². The number of imidazole rings is 2. The van der Waals surface area contributed by atoms with Crippen LogP contribution in [0.2, 0.25) is 0 Å². The minimum atomic E-state index is -0.906. The standard InChI is InChI=1S/C16H14BrFN2O.C15H10BrFN2O/c1-16(2,21)10-3-6-15-14(7-10)19-9-20(15)11-4-5-13(18)12(17)8-11;1-9(20)10-2-5-15-14(6-10)18-8-19(15)11-3-4-13(17)12(16)7-11/h3-9,21H,1-2H3;2-8H,1H3. The normalized spacial score (nSPS) is 11.5. The molecule has 6 nitrogen and oxygen atoms in total. The highest BCUT2D eigenvalue weighted by atomic mass is 79.9. The van der Waals surface area contributed by atoms with E-state index in [1.165, 1.54) is 19.1 Å². The zero-order valence-electron chi connectivity index (χ0n) is 22.2. The molecule has 0 unspecified atom stereocenters. The van der Waals surface area contributed by atoms with Crippen LogP contribution in [0.1, 0.15) is 36.7 Å². The van der Waals surface area contributed by atoms with Crippen molar-refractivity contribution in [1.29, 1.82) is 0 Å². The van der Waals surface area contributed by atoms with Crippen molar-refractivity contribution in [3.63, 3.8) is 0 Å². The van der Waals surface area contributed by atoms with Crippen LogP contribution < -0.4 is 0 Å². The summed E-state index contributed by atoms with van der Waals surface area (Å²) in [5.74, 6) is -0.601. The van der Waals surface area contributed by atoms with Crippen molar-refractivity contribution < 1.29 is 18.7 Å². The first-order valence-corrected chi connectivity index (χ1v) is 14.1. The highest BCUT2D eigenvalue weighted by molar-refractivity contribution is 9.10. The Kier molecular flexibility index (Phi) is 7.91. The van der Waals surface area contributed by atoms with Gasteiger partial charge in [-0.05, 0) is 125 Å². The Morgan fingerprint density at radius 3 is 1.71 bits per heavy atom. The number of carbonyl (C=O) groups is 1. The van der Waals surface area contributed by atoms with Crippen LogP contribution in [-0.4, -0.2) is 30.0 Å². The molecule has 208 valence electrons. The molecular weight excluding hydrogens is 658 g/mol. The van der Waals surface area contributed by atoms with Crippen LogP contribution in [0.5, 0.6) is 0 Å². The van der Waals surface area contributed by atoms with Crippen molar-refractivity contribution in [2.24, 2.45) is 0 Å². The molecule has 4 aromatic carbocycles. The fourth-order valence-corrected chi connectivity index (χ4v) is 5.04. The molecule has 10 heteroatoms. The molecule has 2 heterocycles. The number of hydrogen-bond acceptors (Lipinski definition) is 4. The summed E-state index contributed by atoms with van der Waals surface area (Å²) in [4.78, 5) is 20.0. The predicted octanol–water partition coefficient (Wildman–Crippen LogP) is 8.28. The number of ketones is 1. The minimum Gasteiger partial charge on any atom is -0.386 e.